The smallest absolute Gasteiger partial charge is 0.268 e. The van der Waals surface area contributed by atoms with Crippen LogP contribution in [-0.4, -0.2) is 37.6 Å². The van der Waals surface area contributed by atoms with Crippen LogP contribution in [0.3, 0.4) is 0 Å². The zero-order chi connectivity index (χ0) is 19.1. The van der Waals surface area contributed by atoms with Crippen LogP contribution in [0.4, 0.5) is 5.69 Å². The molecule has 2 aromatic carbocycles. The van der Waals surface area contributed by atoms with E-state index in [2.05, 4.69) is 0 Å². The maximum Gasteiger partial charge on any atom is 0.268 e. The Kier molecular flexibility index (Phi) is 4.59. The number of methoxy groups -OCH3 is 2. The van der Waals surface area contributed by atoms with Gasteiger partial charge in [0.25, 0.3) is 10.0 Å². The summed E-state index contributed by atoms with van der Waals surface area (Å²) in [7, 11) is -4.95. The van der Waals surface area contributed by atoms with Crippen molar-refractivity contribution < 1.29 is 26.3 Å². The number of primary sulfonamides is 1. The molecular formula is C16H18N2O6S2. The van der Waals surface area contributed by atoms with Crippen molar-refractivity contribution in [2.24, 2.45) is 5.14 Å². The molecule has 0 aromatic heterocycles. The van der Waals surface area contributed by atoms with Crippen molar-refractivity contribution in [3.05, 3.63) is 42.0 Å². The Morgan fingerprint density at radius 3 is 2.35 bits per heavy atom. The zero-order valence-corrected chi connectivity index (χ0v) is 15.8. The van der Waals surface area contributed by atoms with E-state index >= 15 is 0 Å². The SMILES string of the molecule is COc1ccc(OC)c(S(=O)(=O)N2CCc3cc(S(N)(=O)=O)ccc32)c1. The van der Waals surface area contributed by atoms with Gasteiger partial charge in [-0.15, -0.1) is 0 Å². The lowest BCUT2D eigenvalue weighted by Gasteiger charge is -2.21. The highest BCUT2D eigenvalue weighted by Gasteiger charge is 2.34. The second-order valence-corrected chi connectivity index (χ2v) is 9.07. The number of nitrogens with zero attached hydrogens (tertiary/aromatic N) is 1. The molecule has 0 radical (unpaired) electrons. The highest BCUT2D eigenvalue weighted by atomic mass is 32.2. The Morgan fingerprint density at radius 2 is 1.73 bits per heavy atom. The van der Waals surface area contributed by atoms with Crippen LogP contribution in [-0.2, 0) is 26.5 Å². The van der Waals surface area contributed by atoms with Crippen LogP contribution >= 0.6 is 0 Å². The first-order chi connectivity index (χ1) is 12.2. The van der Waals surface area contributed by atoms with E-state index in [9.17, 15) is 16.8 Å². The normalized spacial score (nSPS) is 14.2. The van der Waals surface area contributed by atoms with Crippen LogP contribution < -0.4 is 18.9 Å². The molecule has 0 amide bonds. The molecule has 10 heteroatoms. The van der Waals surface area contributed by atoms with E-state index < -0.39 is 20.0 Å². The topological polar surface area (TPSA) is 116 Å². The van der Waals surface area contributed by atoms with Crippen LogP contribution in [0.1, 0.15) is 5.56 Å². The molecule has 3 rings (SSSR count). The summed E-state index contributed by atoms with van der Waals surface area (Å²) >= 11 is 0. The van der Waals surface area contributed by atoms with Crippen molar-refractivity contribution in [1.82, 2.24) is 0 Å². The van der Waals surface area contributed by atoms with E-state index in [0.717, 1.165) is 0 Å². The number of hydrogen-bond acceptors (Lipinski definition) is 6. The van der Waals surface area contributed by atoms with Gasteiger partial charge < -0.3 is 9.47 Å². The molecule has 0 atom stereocenters. The van der Waals surface area contributed by atoms with E-state index in [-0.39, 0.29) is 22.1 Å². The molecule has 0 fully saturated rings. The Labute approximate surface area is 152 Å². The predicted octanol–water partition coefficient (Wildman–Crippen LogP) is 1.10. The lowest BCUT2D eigenvalue weighted by molar-refractivity contribution is 0.392. The molecule has 2 aromatic rings. The highest BCUT2D eigenvalue weighted by Crippen LogP contribution is 2.37. The minimum Gasteiger partial charge on any atom is -0.497 e. The number of sulfonamides is 2. The summed E-state index contributed by atoms with van der Waals surface area (Å²) in [5, 5.41) is 5.14. The van der Waals surface area contributed by atoms with Crippen LogP contribution in [0.15, 0.2) is 46.2 Å². The van der Waals surface area contributed by atoms with E-state index in [1.165, 1.54) is 48.9 Å². The van der Waals surface area contributed by atoms with Gasteiger partial charge in [0.05, 0.1) is 24.8 Å². The number of fused-ring (bicyclic) bond motifs is 1. The molecule has 0 aliphatic carbocycles. The number of ether oxygens (including phenoxy) is 2. The third kappa shape index (κ3) is 3.11. The average molecular weight is 398 g/mol. The first kappa shape index (κ1) is 18.5. The van der Waals surface area contributed by atoms with Gasteiger partial charge in [0.15, 0.2) is 0 Å². The number of anilines is 1. The summed E-state index contributed by atoms with van der Waals surface area (Å²) in [5.74, 6) is 0.578. The van der Waals surface area contributed by atoms with Gasteiger partial charge in [0, 0.05) is 12.6 Å². The van der Waals surface area contributed by atoms with Crippen molar-refractivity contribution in [3.63, 3.8) is 0 Å². The molecule has 0 saturated carbocycles. The molecule has 0 spiro atoms. The molecule has 0 bridgehead atoms. The monoisotopic (exact) mass is 398 g/mol. The third-order valence-electron chi connectivity index (χ3n) is 4.17. The fourth-order valence-electron chi connectivity index (χ4n) is 2.88. The summed E-state index contributed by atoms with van der Waals surface area (Å²) in [5.41, 5.74) is 1.02. The van der Waals surface area contributed by atoms with Gasteiger partial charge >= 0.3 is 0 Å². The Balaban J connectivity index is 2.10. The molecule has 26 heavy (non-hydrogen) atoms. The Hall–Kier alpha value is -2.30. The van der Waals surface area contributed by atoms with E-state index in [1.807, 2.05) is 0 Å². The largest absolute Gasteiger partial charge is 0.497 e. The van der Waals surface area contributed by atoms with Gasteiger partial charge in [0.1, 0.15) is 16.4 Å². The second kappa shape index (κ2) is 6.45. The number of rotatable bonds is 5. The molecule has 140 valence electrons. The van der Waals surface area contributed by atoms with Gasteiger partial charge in [-0.3, -0.25) is 4.31 Å². The Bertz CT molecular complexity index is 1060. The van der Waals surface area contributed by atoms with Crippen LogP contribution in [0.5, 0.6) is 11.5 Å². The highest BCUT2D eigenvalue weighted by molar-refractivity contribution is 7.93. The molecular weight excluding hydrogens is 380 g/mol. The van der Waals surface area contributed by atoms with Crippen molar-refractivity contribution in [2.75, 3.05) is 25.1 Å². The fourth-order valence-corrected chi connectivity index (χ4v) is 5.12. The molecule has 0 unspecified atom stereocenters. The first-order valence-electron chi connectivity index (χ1n) is 7.59. The van der Waals surface area contributed by atoms with Crippen LogP contribution in [0, 0.1) is 0 Å². The van der Waals surface area contributed by atoms with Crippen molar-refractivity contribution in [1.29, 1.82) is 0 Å². The quantitative estimate of drug-likeness (QED) is 0.806. The summed E-state index contributed by atoms with van der Waals surface area (Å²) in [4.78, 5) is -0.0721. The van der Waals surface area contributed by atoms with E-state index in [0.29, 0.717) is 23.4 Å². The van der Waals surface area contributed by atoms with Gasteiger partial charge in [-0.1, -0.05) is 0 Å². The van der Waals surface area contributed by atoms with Crippen LogP contribution in [0.2, 0.25) is 0 Å². The van der Waals surface area contributed by atoms with Crippen molar-refractivity contribution in [3.8, 4) is 11.5 Å². The molecule has 1 aliphatic heterocycles. The maximum absolute atomic E-state index is 13.2. The maximum atomic E-state index is 13.2. The lowest BCUT2D eigenvalue weighted by Crippen LogP contribution is -2.29. The minimum atomic E-state index is -3.93. The van der Waals surface area contributed by atoms with E-state index in [4.69, 9.17) is 14.6 Å². The average Bonchev–Trinajstić information content (AvgIpc) is 3.04. The molecule has 8 nitrogen and oxygen atoms in total. The van der Waals surface area contributed by atoms with Gasteiger partial charge in [-0.25, -0.2) is 22.0 Å². The number of nitrogens with two attached hydrogens (primary N) is 1. The fraction of sp³-hybridized carbons (Fsp3) is 0.250. The third-order valence-corrected chi connectivity index (χ3v) is 6.92. The van der Waals surface area contributed by atoms with Gasteiger partial charge in [-0.2, -0.15) is 0 Å². The minimum absolute atomic E-state index is 0.0253. The zero-order valence-electron chi connectivity index (χ0n) is 14.2. The van der Waals surface area contributed by atoms with Gasteiger partial charge in [-0.05, 0) is 42.3 Å². The molecule has 2 N–H and O–H groups in total. The molecule has 1 heterocycles. The number of hydrogen-bond donors (Lipinski definition) is 1. The molecule has 1 aliphatic rings. The Morgan fingerprint density at radius 1 is 1.00 bits per heavy atom. The summed E-state index contributed by atoms with van der Waals surface area (Å²) in [6.07, 6.45) is 0.379. The molecule has 0 saturated heterocycles. The summed E-state index contributed by atoms with van der Waals surface area (Å²) in [6.45, 7) is 0.187. The van der Waals surface area contributed by atoms with Crippen molar-refractivity contribution in [2.45, 2.75) is 16.2 Å². The van der Waals surface area contributed by atoms with Crippen molar-refractivity contribution >= 4 is 25.7 Å². The standard InChI is InChI=1S/C16H18N2O6S2/c1-23-12-3-6-15(24-2)16(10-12)26(21,22)18-8-7-11-9-13(25(17,19)20)4-5-14(11)18/h3-6,9-10H,7-8H2,1-2H3,(H2,17,19,20). The number of benzene rings is 2. The van der Waals surface area contributed by atoms with Gasteiger partial charge in [0.2, 0.25) is 10.0 Å². The first-order valence-corrected chi connectivity index (χ1v) is 10.6. The lowest BCUT2D eigenvalue weighted by atomic mass is 10.2. The summed E-state index contributed by atoms with van der Waals surface area (Å²) < 4.78 is 60.9. The predicted molar refractivity (Wildman–Crippen MR) is 95.6 cm³/mol. The summed E-state index contributed by atoms with van der Waals surface area (Å²) in [6, 6.07) is 8.67. The van der Waals surface area contributed by atoms with E-state index in [1.54, 1.807) is 6.07 Å². The van der Waals surface area contributed by atoms with Crippen LogP contribution in [0.25, 0.3) is 0 Å². The second-order valence-electron chi connectivity index (χ2n) is 5.68.